The Morgan fingerprint density at radius 2 is 1.86 bits per heavy atom. The summed E-state index contributed by atoms with van der Waals surface area (Å²) in [5.41, 5.74) is 4.10. The Balaban J connectivity index is 1.96. The van der Waals surface area contributed by atoms with E-state index in [9.17, 15) is 9.59 Å². The van der Waals surface area contributed by atoms with Gasteiger partial charge in [-0.2, -0.15) is 5.10 Å². The number of rotatable bonds is 6. The van der Waals surface area contributed by atoms with Gasteiger partial charge in [0, 0.05) is 17.1 Å². The van der Waals surface area contributed by atoms with E-state index in [1.807, 2.05) is 19.9 Å². The Morgan fingerprint density at radius 3 is 2.59 bits per heavy atom. The Kier molecular flexibility index (Phi) is 5.96. The highest BCUT2D eigenvalue weighted by Crippen LogP contribution is 2.26. The van der Waals surface area contributed by atoms with Crippen LogP contribution >= 0.6 is 0 Å². The summed E-state index contributed by atoms with van der Waals surface area (Å²) in [7, 11) is 0. The van der Waals surface area contributed by atoms with Gasteiger partial charge in [0.15, 0.2) is 0 Å². The molecule has 9 heteroatoms. The number of benzene rings is 1. The number of hydrogen-bond donors (Lipinski definition) is 2. The van der Waals surface area contributed by atoms with Crippen LogP contribution in [0.15, 0.2) is 30.5 Å². The van der Waals surface area contributed by atoms with Crippen LogP contribution in [-0.4, -0.2) is 39.9 Å². The topological polar surface area (TPSA) is 107 Å². The molecular formula is C20H23N5O4. The molecule has 0 unspecified atom stereocenters. The van der Waals surface area contributed by atoms with E-state index >= 15 is 0 Å². The summed E-state index contributed by atoms with van der Waals surface area (Å²) in [5, 5.41) is 14.1. The molecule has 0 saturated carbocycles. The van der Waals surface area contributed by atoms with Gasteiger partial charge < -0.3 is 14.8 Å². The SMILES string of the molecule is CCOC(=O)Nc1ccc(C)c(Nc2nncc3cc(C(=O)OCC)c(C)n23)c1. The number of nitrogens with zero attached hydrogens (tertiary/aromatic N) is 3. The number of nitrogens with one attached hydrogen (secondary N) is 2. The van der Waals surface area contributed by atoms with E-state index in [-0.39, 0.29) is 6.61 Å². The average Bonchev–Trinajstić information content (AvgIpc) is 3.03. The molecule has 0 aliphatic rings. The molecule has 0 radical (unpaired) electrons. The summed E-state index contributed by atoms with van der Waals surface area (Å²) in [4.78, 5) is 23.9. The lowest BCUT2D eigenvalue weighted by molar-refractivity contribution is 0.0525. The second-order valence-corrected chi connectivity index (χ2v) is 6.29. The summed E-state index contributed by atoms with van der Waals surface area (Å²) in [6, 6.07) is 7.14. The second kappa shape index (κ2) is 8.59. The molecule has 1 aromatic carbocycles. The van der Waals surface area contributed by atoms with Crippen molar-refractivity contribution in [3.8, 4) is 0 Å². The van der Waals surface area contributed by atoms with Gasteiger partial charge in [-0.05, 0) is 51.5 Å². The van der Waals surface area contributed by atoms with Gasteiger partial charge in [-0.15, -0.1) is 5.10 Å². The standard InChI is InChI=1S/C20H23N5O4/c1-5-28-18(26)16-10-15-11-21-24-19(25(15)13(16)4)23-17-9-14(8-7-12(17)3)22-20(27)29-6-2/h7-11H,5-6H2,1-4H3,(H,22,27)(H,23,24). The van der Waals surface area contributed by atoms with Crippen LogP contribution in [-0.2, 0) is 9.47 Å². The molecule has 0 spiro atoms. The first kappa shape index (κ1) is 20.1. The number of anilines is 3. The average molecular weight is 397 g/mol. The molecule has 29 heavy (non-hydrogen) atoms. The van der Waals surface area contributed by atoms with E-state index in [0.717, 1.165) is 11.3 Å². The molecule has 2 heterocycles. The van der Waals surface area contributed by atoms with Crippen LogP contribution in [0.4, 0.5) is 22.1 Å². The van der Waals surface area contributed by atoms with Gasteiger partial charge in [0.2, 0.25) is 5.95 Å². The van der Waals surface area contributed by atoms with Crippen molar-refractivity contribution in [2.24, 2.45) is 0 Å². The van der Waals surface area contributed by atoms with Crippen LogP contribution in [0.5, 0.6) is 0 Å². The quantitative estimate of drug-likeness (QED) is 0.609. The number of amides is 1. The summed E-state index contributed by atoms with van der Waals surface area (Å²) in [6.07, 6.45) is 1.05. The van der Waals surface area contributed by atoms with Crippen molar-refractivity contribution < 1.29 is 19.1 Å². The zero-order valence-corrected chi connectivity index (χ0v) is 16.8. The van der Waals surface area contributed by atoms with Crippen molar-refractivity contribution in [3.63, 3.8) is 0 Å². The predicted octanol–water partition coefficient (Wildman–Crippen LogP) is 3.83. The molecule has 0 aliphatic heterocycles. The number of fused-ring (bicyclic) bond motifs is 1. The second-order valence-electron chi connectivity index (χ2n) is 6.29. The first-order valence-electron chi connectivity index (χ1n) is 9.26. The van der Waals surface area contributed by atoms with E-state index in [1.165, 1.54) is 0 Å². The summed E-state index contributed by atoms with van der Waals surface area (Å²) in [5.74, 6) is 0.0448. The van der Waals surface area contributed by atoms with Gasteiger partial charge in [-0.25, -0.2) is 9.59 Å². The van der Waals surface area contributed by atoms with Gasteiger partial charge in [-0.3, -0.25) is 9.72 Å². The van der Waals surface area contributed by atoms with Crippen LogP contribution < -0.4 is 10.6 Å². The molecule has 9 nitrogen and oxygen atoms in total. The molecule has 3 rings (SSSR count). The normalized spacial score (nSPS) is 10.6. The molecule has 152 valence electrons. The fourth-order valence-electron chi connectivity index (χ4n) is 2.93. The first-order chi connectivity index (χ1) is 13.9. The predicted molar refractivity (Wildman–Crippen MR) is 109 cm³/mol. The smallest absolute Gasteiger partial charge is 0.411 e. The van der Waals surface area contributed by atoms with Crippen molar-refractivity contribution in [1.82, 2.24) is 14.6 Å². The first-order valence-corrected chi connectivity index (χ1v) is 9.26. The molecule has 0 aliphatic carbocycles. The number of esters is 1. The highest BCUT2D eigenvalue weighted by Gasteiger charge is 2.18. The van der Waals surface area contributed by atoms with Gasteiger partial charge in [0.25, 0.3) is 0 Å². The van der Waals surface area contributed by atoms with Gasteiger partial charge >= 0.3 is 12.1 Å². The molecule has 3 aromatic rings. The maximum atomic E-state index is 12.2. The van der Waals surface area contributed by atoms with Gasteiger partial charge in [0.05, 0.1) is 30.5 Å². The van der Waals surface area contributed by atoms with Crippen LogP contribution in [0.25, 0.3) is 5.52 Å². The largest absolute Gasteiger partial charge is 0.462 e. The molecule has 2 N–H and O–H groups in total. The van der Waals surface area contributed by atoms with E-state index in [1.54, 1.807) is 42.6 Å². The van der Waals surface area contributed by atoms with Crippen molar-refractivity contribution >= 4 is 34.9 Å². The maximum absolute atomic E-state index is 12.2. The van der Waals surface area contributed by atoms with Gasteiger partial charge in [-0.1, -0.05) is 6.07 Å². The lowest BCUT2D eigenvalue weighted by Crippen LogP contribution is -2.13. The number of aromatic nitrogens is 3. The minimum absolute atomic E-state index is 0.288. The summed E-state index contributed by atoms with van der Waals surface area (Å²) >= 11 is 0. The number of aryl methyl sites for hydroxylation is 2. The maximum Gasteiger partial charge on any atom is 0.411 e. The van der Waals surface area contributed by atoms with E-state index < -0.39 is 12.1 Å². The van der Waals surface area contributed by atoms with Crippen LogP contribution in [0.1, 0.15) is 35.5 Å². The van der Waals surface area contributed by atoms with Crippen LogP contribution in [0.2, 0.25) is 0 Å². The molecule has 0 fully saturated rings. The highest BCUT2D eigenvalue weighted by molar-refractivity contribution is 5.93. The molecule has 0 saturated heterocycles. The Labute approximate surface area is 168 Å². The van der Waals surface area contributed by atoms with Crippen molar-refractivity contribution in [2.45, 2.75) is 27.7 Å². The number of carbonyl (C=O) groups excluding carboxylic acids is 2. The zero-order valence-electron chi connectivity index (χ0n) is 16.8. The van der Waals surface area contributed by atoms with Gasteiger partial charge in [0.1, 0.15) is 0 Å². The number of carbonyl (C=O) groups is 2. The summed E-state index contributed by atoms with van der Waals surface area (Å²) < 4.78 is 11.8. The van der Waals surface area contributed by atoms with E-state index in [0.29, 0.717) is 35.0 Å². The highest BCUT2D eigenvalue weighted by atomic mass is 16.5. The van der Waals surface area contributed by atoms with Crippen LogP contribution in [0, 0.1) is 13.8 Å². The van der Waals surface area contributed by atoms with E-state index in [4.69, 9.17) is 9.47 Å². The minimum atomic E-state index is -0.524. The fraction of sp³-hybridized carbons (Fsp3) is 0.300. The number of ether oxygens (including phenoxy) is 2. The van der Waals surface area contributed by atoms with E-state index in [2.05, 4.69) is 20.8 Å². The third kappa shape index (κ3) is 4.29. The lowest BCUT2D eigenvalue weighted by Gasteiger charge is -2.13. The Morgan fingerprint density at radius 1 is 1.10 bits per heavy atom. The number of hydrogen-bond acceptors (Lipinski definition) is 7. The molecule has 0 bridgehead atoms. The lowest BCUT2D eigenvalue weighted by atomic mass is 10.2. The Hall–Kier alpha value is -3.62. The monoisotopic (exact) mass is 397 g/mol. The molecule has 1 amide bonds. The Bertz CT molecular complexity index is 1060. The summed E-state index contributed by atoms with van der Waals surface area (Å²) in [6.45, 7) is 7.83. The minimum Gasteiger partial charge on any atom is -0.462 e. The van der Waals surface area contributed by atoms with Crippen molar-refractivity contribution in [1.29, 1.82) is 0 Å². The fourth-order valence-corrected chi connectivity index (χ4v) is 2.93. The third-order valence-corrected chi connectivity index (χ3v) is 4.33. The zero-order chi connectivity index (χ0) is 21.0. The molecule has 2 aromatic heterocycles. The third-order valence-electron chi connectivity index (χ3n) is 4.33. The van der Waals surface area contributed by atoms with Crippen molar-refractivity contribution in [3.05, 3.63) is 47.3 Å². The van der Waals surface area contributed by atoms with Crippen molar-refractivity contribution in [2.75, 3.05) is 23.8 Å². The van der Waals surface area contributed by atoms with Crippen LogP contribution in [0.3, 0.4) is 0 Å². The molecular weight excluding hydrogens is 374 g/mol. The molecule has 0 atom stereocenters.